The number of aromatic nitrogens is 2. The predicted octanol–water partition coefficient (Wildman–Crippen LogP) is 4.56. The number of amides is 1. The van der Waals surface area contributed by atoms with E-state index in [1.165, 1.54) is 12.3 Å². The number of carbonyl (C=O) groups is 1. The first kappa shape index (κ1) is 22.3. The first-order chi connectivity index (χ1) is 15.9. The molecule has 0 aliphatic carbocycles. The summed E-state index contributed by atoms with van der Waals surface area (Å²) >= 11 is 12.4. The molecular formula is C23H20Cl2F2N4O2. The van der Waals surface area contributed by atoms with Crippen LogP contribution in [0.2, 0.25) is 10.0 Å². The molecule has 2 aliphatic heterocycles. The van der Waals surface area contributed by atoms with Crippen molar-refractivity contribution in [2.24, 2.45) is 0 Å². The van der Waals surface area contributed by atoms with E-state index in [2.05, 4.69) is 15.1 Å². The molecular weight excluding hydrogens is 473 g/mol. The monoisotopic (exact) mass is 492 g/mol. The molecule has 172 valence electrons. The normalized spacial score (nSPS) is 21.2. The van der Waals surface area contributed by atoms with E-state index in [4.69, 9.17) is 27.9 Å². The number of nitrogens with one attached hydrogen (secondary N) is 1. The first-order valence-electron chi connectivity index (χ1n) is 10.5. The van der Waals surface area contributed by atoms with Crippen LogP contribution < -0.4 is 0 Å². The molecule has 1 N–H and O–H groups in total. The van der Waals surface area contributed by atoms with Crippen molar-refractivity contribution in [2.75, 3.05) is 32.8 Å². The molecule has 2 atom stereocenters. The SMILES string of the molecule is O=C(c1cccc(-c2c[nH]nc2F)c1Cl)N1CCN2C[C@H](c3ccc(F)c(Cl)c3)OC[C@@H]2C1. The number of fused-ring (bicyclic) bond motifs is 1. The molecule has 0 saturated carbocycles. The van der Waals surface area contributed by atoms with Crippen molar-refractivity contribution < 1.29 is 18.3 Å². The number of hydrogen-bond donors (Lipinski definition) is 1. The largest absolute Gasteiger partial charge is 0.370 e. The molecule has 2 fully saturated rings. The summed E-state index contributed by atoms with van der Waals surface area (Å²) in [7, 11) is 0. The smallest absolute Gasteiger partial charge is 0.255 e. The van der Waals surface area contributed by atoms with Crippen molar-refractivity contribution in [3.63, 3.8) is 0 Å². The number of carbonyl (C=O) groups excluding carboxylic acids is 1. The molecule has 33 heavy (non-hydrogen) atoms. The van der Waals surface area contributed by atoms with Crippen LogP contribution in [0.4, 0.5) is 8.78 Å². The minimum Gasteiger partial charge on any atom is -0.370 e. The number of morpholine rings is 1. The molecule has 1 amide bonds. The standard InChI is InChI=1S/C23H20Cl2F2N4O2/c24-18-8-13(4-5-19(18)26)20-11-30-6-7-31(10-14(30)12-33-20)23(32)16-3-1-2-15(21(16)25)17-9-28-29-22(17)27/h1-5,8-9,14,20H,6-7,10-12H2,(H,28,29)/t14-,20+/m0/s1. The van der Waals surface area contributed by atoms with Gasteiger partial charge in [-0.2, -0.15) is 4.39 Å². The number of hydrogen-bond acceptors (Lipinski definition) is 4. The third kappa shape index (κ3) is 4.24. The highest BCUT2D eigenvalue weighted by Crippen LogP contribution is 2.33. The lowest BCUT2D eigenvalue weighted by atomic mass is 10.0. The number of piperazine rings is 1. The maximum Gasteiger partial charge on any atom is 0.255 e. The van der Waals surface area contributed by atoms with Gasteiger partial charge in [-0.1, -0.05) is 41.4 Å². The third-order valence-electron chi connectivity index (χ3n) is 6.21. The van der Waals surface area contributed by atoms with Crippen molar-refractivity contribution >= 4 is 29.1 Å². The summed E-state index contributed by atoms with van der Waals surface area (Å²) in [4.78, 5) is 17.3. The lowest BCUT2D eigenvalue weighted by molar-refractivity contribution is -0.0858. The molecule has 3 heterocycles. The lowest BCUT2D eigenvalue weighted by Crippen LogP contribution is -2.59. The fraction of sp³-hybridized carbons (Fsp3) is 0.304. The zero-order valence-electron chi connectivity index (χ0n) is 17.4. The van der Waals surface area contributed by atoms with Crippen molar-refractivity contribution in [3.8, 4) is 11.1 Å². The average Bonchev–Trinajstić information content (AvgIpc) is 3.25. The molecule has 0 spiro atoms. The summed E-state index contributed by atoms with van der Waals surface area (Å²) in [6.45, 7) is 2.73. The Balaban J connectivity index is 1.29. The van der Waals surface area contributed by atoms with Gasteiger partial charge in [-0.3, -0.25) is 14.8 Å². The van der Waals surface area contributed by atoms with E-state index in [9.17, 15) is 13.6 Å². The van der Waals surface area contributed by atoms with E-state index in [0.717, 1.165) is 5.56 Å². The van der Waals surface area contributed by atoms with Crippen LogP contribution >= 0.6 is 23.2 Å². The summed E-state index contributed by atoms with van der Waals surface area (Å²) in [5, 5.41) is 6.22. The van der Waals surface area contributed by atoms with Gasteiger partial charge in [0, 0.05) is 37.9 Å². The highest BCUT2D eigenvalue weighted by Gasteiger charge is 2.36. The average molecular weight is 493 g/mol. The maximum atomic E-state index is 13.9. The van der Waals surface area contributed by atoms with Crippen LogP contribution in [-0.4, -0.2) is 64.7 Å². The van der Waals surface area contributed by atoms with Gasteiger partial charge in [0.25, 0.3) is 5.91 Å². The predicted molar refractivity (Wildman–Crippen MR) is 120 cm³/mol. The summed E-state index contributed by atoms with van der Waals surface area (Å²) in [6.07, 6.45) is 1.20. The lowest BCUT2D eigenvalue weighted by Gasteiger charge is -2.46. The second-order valence-electron chi connectivity index (χ2n) is 8.15. The molecule has 6 nitrogen and oxygen atoms in total. The Morgan fingerprint density at radius 2 is 1.97 bits per heavy atom. The molecule has 5 rings (SSSR count). The van der Waals surface area contributed by atoms with Gasteiger partial charge >= 0.3 is 0 Å². The molecule has 3 aromatic rings. The molecule has 0 radical (unpaired) electrons. The Kier molecular flexibility index (Phi) is 6.09. The summed E-state index contributed by atoms with van der Waals surface area (Å²) in [5.41, 5.74) is 1.77. The van der Waals surface area contributed by atoms with Crippen molar-refractivity contribution in [1.29, 1.82) is 0 Å². The van der Waals surface area contributed by atoms with Crippen LogP contribution in [0.25, 0.3) is 11.1 Å². The second-order valence-corrected chi connectivity index (χ2v) is 8.94. The van der Waals surface area contributed by atoms with E-state index < -0.39 is 11.8 Å². The van der Waals surface area contributed by atoms with Crippen LogP contribution in [0, 0.1) is 11.8 Å². The third-order valence-corrected chi connectivity index (χ3v) is 6.91. The van der Waals surface area contributed by atoms with E-state index in [1.807, 2.05) is 0 Å². The number of halogens is 4. The summed E-state index contributed by atoms with van der Waals surface area (Å²) < 4.78 is 33.5. The van der Waals surface area contributed by atoms with Gasteiger partial charge < -0.3 is 9.64 Å². The van der Waals surface area contributed by atoms with Gasteiger partial charge in [0.2, 0.25) is 5.95 Å². The van der Waals surface area contributed by atoms with Gasteiger partial charge in [0.05, 0.1) is 39.9 Å². The quantitative estimate of drug-likeness (QED) is 0.582. The molecule has 0 unspecified atom stereocenters. The number of nitrogens with zero attached hydrogens (tertiary/aromatic N) is 3. The number of ether oxygens (including phenoxy) is 1. The van der Waals surface area contributed by atoms with Gasteiger partial charge in [0.1, 0.15) is 5.82 Å². The van der Waals surface area contributed by atoms with E-state index in [0.29, 0.717) is 43.9 Å². The Morgan fingerprint density at radius 3 is 2.73 bits per heavy atom. The number of H-pyrrole nitrogens is 1. The first-order valence-corrected chi connectivity index (χ1v) is 11.3. The fourth-order valence-electron chi connectivity index (χ4n) is 4.42. The Hall–Kier alpha value is -2.52. The Morgan fingerprint density at radius 1 is 1.12 bits per heavy atom. The molecule has 10 heteroatoms. The van der Waals surface area contributed by atoms with E-state index in [-0.39, 0.29) is 33.7 Å². The Bertz CT molecular complexity index is 1200. The van der Waals surface area contributed by atoms with Crippen molar-refractivity contribution in [3.05, 3.63) is 75.5 Å². The van der Waals surface area contributed by atoms with Gasteiger partial charge in [0.15, 0.2) is 0 Å². The Labute approximate surface area is 199 Å². The minimum atomic E-state index is -0.675. The molecule has 2 saturated heterocycles. The van der Waals surface area contributed by atoms with Gasteiger partial charge in [-0.15, -0.1) is 5.10 Å². The fourth-order valence-corrected chi connectivity index (χ4v) is 4.92. The van der Waals surface area contributed by atoms with E-state index in [1.54, 1.807) is 35.2 Å². The van der Waals surface area contributed by atoms with E-state index >= 15 is 0 Å². The maximum absolute atomic E-state index is 13.9. The second kappa shape index (κ2) is 9.02. The topological polar surface area (TPSA) is 61.5 Å². The number of aromatic amines is 1. The summed E-state index contributed by atoms with van der Waals surface area (Å²) in [6, 6.07) is 9.63. The van der Waals surface area contributed by atoms with Crippen LogP contribution in [0.15, 0.2) is 42.6 Å². The van der Waals surface area contributed by atoms with Crippen LogP contribution in [0.5, 0.6) is 0 Å². The van der Waals surface area contributed by atoms with Gasteiger partial charge in [-0.25, -0.2) is 4.39 Å². The highest BCUT2D eigenvalue weighted by molar-refractivity contribution is 6.36. The van der Waals surface area contributed by atoms with Crippen molar-refractivity contribution in [1.82, 2.24) is 20.0 Å². The zero-order chi connectivity index (χ0) is 23.1. The van der Waals surface area contributed by atoms with Gasteiger partial charge in [-0.05, 0) is 23.8 Å². The molecule has 1 aromatic heterocycles. The van der Waals surface area contributed by atoms with Crippen LogP contribution in [0.3, 0.4) is 0 Å². The van der Waals surface area contributed by atoms with Crippen LogP contribution in [0.1, 0.15) is 22.0 Å². The van der Waals surface area contributed by atoms with Crippen LogP contribution in [-0.2, 0) is 4.74 Å². The number of benzene rings is 2. The van der Waals surface area contributed by atoms with Crippen molar-refractivity contribution in [2.45, 2.75) is 12.1 Å². The highest BCUT2D eigenvalue weighted by atomic mass is 35.5. The molecule has 2 aliphatic rings. The molecule has 0 bridgehead atoms. The minimum absolute atomic E-state index is 0.0307. The number of rotatable bonds is 3. The zero-order valence-corrected chi connectivity index (χ0v) is 18.9. The molecule has 2 aromatic carbocycles. The summed E-state index contributed by atoms with van der Waals surface area (Å²) in [5.74, 6) is -1.34.